The summed E-state index contributed by atoms with van der Waals surface area (Å²) in [4.78, 5) is 5.00. The number of phenolic OH excluding ortho intramolecular Hbond substituents is 1. The van der Waals surface area contributed by atoms with Crippen LogP contribution in [0.1, 0.15) is 44.9 Å². The van der Waals surface area contributed by atoms with Crippen LogP contribution in [-0.2, 0) is 0 Å². The van der Waals surface area contributed by atoms with E-state index in [4.69, 9.17) is 0 Å². The number of rotatable bonds is 2. The lowest BCUT2D eigenvalue weighted by Crippen LogP contribution is -2.53. The van der Waals surface area contributed by atoms with Gasteiger partial charge in [0, 0.05) is 43.3 Å². The zero-order chi connectivity index (χ0) is 14.9. The molecule has 2 rings (SSSR count). The first-order valence-electron chi connectivity index (χ1n) is 7.57. The lowest BCUT2D eigenvalue weighted by molar-refractivity contribution is 0.0449. The molecule has 0 aliphatic carbocycles. The van der Waals surface area contributed by atoms with Gasteiger partial charge in [0.1, 0.15) is 5.75 Å². The first kappa shape index (κ1) is 15.3. The van der Waals surface area contributed by atoms with E-state index in [2.05, 4.69) is 49.6 Å². The highest BCUT2D eigenvalue weighted by molar-refractivity contribution is 5.37. The topological polar surface area (TPSA) is 26.7 Å². The predicted molar refractivity (Wildman–Crippen MR) is 84.2 cm³/mol. The van der Waals surface area contributed by atoms with Gasteiger partial charge in [-0.25, -0.2) is 0 Å². The highest BCUT2D eigenvalue weighted by Crippen LogP contribution is 2.30. The summed E-state index contributed by atoms with van der Waals surface area (Å²) in [5.41, 5.74) is 2.40. The average Bonchev–Trinajstić information content (AvgIpc) is 2.37. The fraction of sp³-hybridized carbons (Fsp3) is 0.647. The number of aromatic hydroxyl groups is 1. The molecule has 1 N–H and O–H groups in total. The van der Waals surface area contributed by atoms with Crippen molar-refractivity contribution in [2.75, 3.05) is 26.2 Å². The van der Waals surface area contributed by atoms with Crippen molar-refractivity contribution in [3.05, 3.63) is 29.3 Å². The molecule has 1 aromatic carbocycles. The molecule has 1 aliphatic heterocycles. The van der Waals surface area contributed by atoms with E-state index in [0.29, 0.717) is 5.75 Å². The summed E-state index contributed by atoms with van der Waals surface area (Å²) in [6.07, 6.45) is 0. The van der Waals surface area contributed by atoms with Crippen LogP contribution in [0.25, 0.3) is 0 Å². The van der Waals surface area contributed by atoms with Gasteiger partial charge >= 0.3 is 0 Å². The molecule has 0 aromatic heterocycles. The predicted octanol–water partition coefficient (Wildman–Crippen LogP) is 3.18. The minimum absolute atomic E-state index is 0.251. The zero-order valence-electron chi connectivity index (χ0n) is 13.5. The van der Waals surface area contributed by atoms with E-state index < -0.39 is 0 Å². The Balaban J connectivity index is 2.03. The van der Waals surface area contributed by atoms with Gasteiger partial charge in [-0.05, 0) is 46.2 Å². The quantitative estimate of drug-likeness (QED) is 0.898. The fourth-order valence-electron chi connectivity index (χ4n) is 2.98. The number of hydrogen-bond donors (Lipinski definition) is 1. The van der Waals surface area contributed by atoms with Gasteiger partial charge in [-0.3, -0.25) is 9.80 Å². The van der Waals surface area contributed by atoms with Crippen LogP contribution < -0.4 is 0 Å². The Labute approximate surface area is 123 Å². The van der Waals surface area contributed by atoms with E-state index in [-0.39, 0.29) is 11.6 Å². The molecule has 112 valence electrons. The molecule has 0 saturated carbocycles. The minimum atomic E-state index is 0.251. The molecule has 0 spiro atoms. The van der Waals surface area contributed by atoms with Gasteiger partial charge in [0.25, 0.3) is 0 Å². The second-order valence-electron chi connectivity index (χ2n) is 6.93. The number of phenols is 1. The molecule has 0 bridgehead atoms. The minimum Gasteiger partial charge on any atom is -0.508 e. The summed E-state index contributed by atoms with van der Waals surface area (Å²) < 4.78 is 0. The highest BCUT2D eigenvalue weighted by Gasteiger charge is 2.28. The maximum atomic E-state index is 10.1. The van der Waals surface area contributed by atoms with Crippen molar-refractivity contribution in [1.82, 2.24) is 9.80 Å². The Hall–Kier alpha value is -1.06. The largest absolute Gasteiger partial charge is 0.508 e. The van der Waals surface area contributed by atoms with E-state index in [1.54, 1.807) is 0 Å². The maximum absolute atomic E-state index is 10.1. The SMILES string of the molecule is Cc1ccc(C(C)N2CCN(C(C)(C)C)CC2)c(O)c1. The van der Waals surface area contributed by atoms with Gasteiger partial charge in [-0.1, -0.05) is 12.1 Å². The zero-order valence-corrected chi connectivity index (χ0v) is 13.5. The molecular weight excluding hydrogens is 248 g/mol. The van der Waals surface area contributed by atoms with Crippen LogP contribution in [-0.4, -0.2) is 46.6 Å². The van der Waals surface area contributed by atoms with Crippen molar-refractivity contribution in [3.63, 3.8) is 0 Å². The smallest absolute Gasteiger partial charge is 0.120 e. The summed E-state index contributed by atoms with van der Waals surface area (Å²) in [6.45, 7) is 15.3. The molecule has 1 aliphatic rings. The maximum Gasteiger partial charge on any atom is 0.120 e. The first-order chi connectivity index (χ1) is 9.29. The van der Waals surface area contributed by atoms with Gasteiger partial charge in [-0.15, -0.1) is 0 Å². The Morgan fingerprint density at radius 1 is 1.10 bits per heavy atom. The second-order valence-corrected chi connectivity index (χ2v) is 6.93. The molecule has 1 saturated heterocycles. The molecule has 1 atom stereocenters. The van der Waals surface area contributed by atoms with Crippen molar-refractivity contribution >= 4 is 0 Å². The Morgan fingerprint density at radius 2 is 1.70 bits per heavy atom. The average molecular weight is 276 g/mol. The van der Waals surface area contributed by atoms with Crippen molar-refractivity contribution in [2.24, 2.45) is 0 Å². The van der Waals surface area contributed by atoms with Crippen LogP contribution in [0.4, 0.5) is 0 Å². The molecule has 1 fully saturated rings. The van der Waals surface area contributed by atoms with Crippen LogP contribution in [0.5, 0.6) is 5.75 Å². The van der Waals surface area contributed by atoms with Crippen LogP contribution in [0.15, 0.2) is 18.2 Å². The van der Waals surface area contributed by atoms with Crippen LogP contribution >= 0.6 is 0 Å². The summed E-state index contributed by atoms with van der Waals surface area (Å²) in [5.74, 6) is 0.427. The van der Waals surface area contributed by atoms with Crippen molar-refractivity contribution in [3.8, 4) is 5.75 Å². The summed E-state index contributed by atoms with van der Waals surface area (Å²) in [6, 6.07) is 6.28. The molecule has 0 radical (unpaired) electrons. The normalized spacial score (nSPS) is 20.1. The van der Waals surface area contributed by atoms with Crippen LogP contribution in [0, 0.1) is 6.92 Å². The lowest BCUT2D eigenvalue weighted by atomic mass is 10.0. The number of benzene rings is 1. The third kappa shape index (κ3) is 3.33. The Kier molecular flexibility index (Phi) is 4.40. The van der Waals surface area contributed by atoms with E-state index in [1.807, 2.05) is 13.0 Å². The van der Waals surface area contributed by atoms with Gasteiger partial charge in [-0.2, -0.15) is 0 Å². The number of aryl methyl sites for hydroxylation is 1. The molecule has 1 aromatic rings. The molecule has 3 heteroatoms. The Bertz CT molecular complexity index is 457. The van der Waals surface area contributed by atoms with E-state index in [0.717, 1.165) is 37.3 Å². The number of hydrogen-bond acceptors (Lipinski definition) is 3. The van der Waals surface area contributed by atoms with E-state index in [1.165, 1.54) is 0 Å². The van der Waals surface area contributed by atoms with Crippen LogP contribution in [0.2, 0.25) is 0 Å². The summed E-state index contributed by atoms with van der Waals surface area (Å²) in [7, 11) is 0. The van der Waals surface area contributed by atoms with Gasteiger partial charge in [0.2, 0.25) is 0 Å². The summed E-state index contributed by atoms with van der Waals surface area (Å²) in [5, 5.41) is 10.1. The van der Waals surface area contributed by atoms with Gasteiger partial charge in [0.15, 0.2) is 0 Å². The van der Waals surface area contributed by atoms with Crippen LogP contribution in [0.3, 0.4) is 0 Å². The third-order valence-electron chi connectivity index (χ3n) is 4.45. The molecule has 3 nitrogen and oxygen atoms in total. The van der Waals surface area contributed by atoms with E-state index >= 15 is 0 Å². The van der Waals surface area contributed by atoms with Crippen molar-refractivity contribution < 1.29 is 5.11 Å². The summed E-state index contributed by atoms with van der Waals surface area (Å²) >= 11 is 0. The fourth-order valence-corrected chi connectivity index (χ4v) is 2.98. The van der Waals surface area contributed by atoms with Crippen molar-refractivity contribution in [2.45, 2.75) is 46.2 Å². The standard InChI is InChI=1S/C17H28N2O/c1-13-6-7-15(16(20)12-13)14(2)18-8-10-19(11-9-18)17(3,4)5/h6-7,12,14,20H,8-11H2,1-5H3. The van der Waals surface area contributed by atoms with Gasteiger partial charge in [0.05, 0.1) is 0 Å². The lowest BCUT2D eigenvalue weighted by Gasteiger charge is -2.44. The Morgan fingerprint density at radius 3 is 2.20 bits per heavy atom. The first-order valence-corrected chi connectivity index (χ1v) is 7.57. The molecule has 20 heavy (non-hydrogen) atoms. The van der Waals surface area contributed by atoms with Crippen molar-refractivity contribution in [1.29, 1.82) is 0 Å². The third-order valence-corrected chi connectivity index (χ3v) is 4.45. The second kappa shape index (κ2) is 5.74. The number of nitrogens with zero attached hydrogens (tertiary/aromatic N) is 2. The highest BCUT2D eigenvalue weighted by atomic mass is 16.3. The molecular formula is C17H28N2O. The van der Waals surface area contributed by atoms with E-state index in [9.17, 15) is 5.11 Å². The molecule has 0 amide bonds. The monoisotopic (exact) mass is 276 g/mol. The van der Waals surface area contributed by atoms with Gasteiger partial charge < -0.3 is 5.11 Å². The number of piperazine rings is 1. The molecule has 1 unspecified atom stereocenters. The molecule has 1 heterocycles.